The number of rotatable bonds is 2. The second kappa shape index (κ2) is 4.51. The monoisotopic (exact) mass is 208 g/mol. The zero-order valence-electron chi connectivity index (χ0n) is 8.79. The molecule has 1 aromatic carbocycles. The third-order valence-electron chi connectivity index (χ3n) is 2.65. The van der Waals surface area contributed by atoms with Crippen molar-refractivity contribution in [2.24, 2.45) is 0 Å². The summed E-state index contributed by atoms with van der Waals surface area (Å²) in [7, 11) is 1.59. The Morgan fingerprint density at radius 2 is 2.27 bits per heavy atom. The molecule has 1 fully saturated rings. The van der Waals surface area contributed by atoms with E-state index in [1.165, 1.54) is 0 Å². The molecule has 1 aliphatic rings. The number of aromatic hydroxyl groups is 1. The first kappa shape index (κ1) is 10.3. The van der Waals surface area contributed by atoms with Crippen molar-refractivity contribution in [1.29, 1.82) is 0 Å². The highest BCUT2D eigenvalue weighted by atomic mass is 16.5. The van der Waals surface area contributed by atoms with Gasteiger partial charge in [-0.3, -0.25) is 0 Å². The van der Waals surface area contributed by atoms with Gasteiger partial charge in [-0.15, -0.1) is 0 Å². The molecule has 2 rings (SSSR count). The highest BCUT2D eigenvalue weighted by Crippen LogP contribution is 2.28. The summed E-state index contributed by atoms with van der Waals surface area (Å²) in [6.45, 7) is 2.75. The van der Waals surface area contributed by atoms with Gasteiger partial charge in [0.05, 0.1) is 7.11 Å². The predicted molar refractivity (Wildman–Crippen MR) is 58.3 cm³/mol. The molecule has 1 heterocycles. The molecule has 1 aliphatic heterocycles. The number of nitrogens with one attached hydrogen (secondary N) is 2. The molecule has 0 spiro atoms. The van der Waals surface area contributed by atoms with Crippen LogP contribution in [-0.2, 0) is 0 Å². The summed E-state index contributed by atoms with van der Waals surface area (Å²) in [5, 5.41) is 16.5. The first-order valence-corrected chi connectivity index (χ1v) is 5.12. The minimum absolute atomic E-state index is 0.185. The number of ether oxygens (including phenoxy) is 1. The van der Waals surface area contributed by atoms with Gasteiger partial charge in [0, 0.05) is 37.3 Å². The van der Waals surface area contributed by atoms with Gasteiger partial charge in [0.15, 0.2) is 0 Å². The lowest BCUT2D eigenvalue weighted by molar-refractivity contribution is 0.391. The van der Waals surface area contributed by atoms with Crippen LogP contribution in [0.1, 0.15) is 11.6 Å². The van der Waals surface area contributed by atoms with Crippen LogP contribution in [-0.4, -0.2) is 31.9 Å². The molecule has 3 N–H and O–H groups in total. The molecule has 1 aromatic rings. The number of benzene rings is 1. The Kier molecular flexibility index (Phi) is 3.08. The van der Waals surface area contributed by atoms with Crippen molar-refractivity contribution in [3.8, 4) is 11.5 Å². The second-order valence-electron chi connectivity index (χ2n) is 3.64. The van der Waals surface area contributed by atoms with Gasteiger partial charge in [0.1, 0.15) is 11.5 Å². The topological polar surface area (TPSA) is 53.5 Å². The molecule has 0 radical (unpaired) electrons. The Balaban J connectivity index is 2.19. The Bertz CT molecular complexity index is 335. The fraction of sp³-hybridized carbons (Fsp3) is 0.455. The SMILES string of the molecule is COc1ccc([C@H]2CNCCN2)c(O)c1. The number of piperazine rings is 1. The summed E-state index contributed by atoms with van der Waals surface area (Å²) in [5.41, 5.74) is 0.919. The van der Waals surface area contributed by atoms with E-state index in [9.17, 15) is 5.11 Å². The third-order valence-corrected chi connectivity index (χ3v) is 2.65. The molecule has 0 saturated carbocycles. The van der Waals surface area contributed by atoms with Gasteiger partial charge < -0.3 is 20.5 Å². The van der Waals surface area contributed by atoms with Crippen LogP contribution in [0.4, 0.5) is 0 Å². The highest BCUT2D eigenvalue weighted by Gasteiger charge is 2.17. The third kappa shape index (κ3) is 2.22. The van der Waals surface area contributed by atoms with Crippen LogP contribution >= 0.6 is 0 Å². The van der Waals surface area contributed by atoms with Crippen molar-refractivity contribution in [1.82, 2.24) is 10.6 Å². The molecule has 0 aromatic heterocycles. The van der Waals surface area contributed by atoms with Crippen LogP contribution in [0.25, 0.3) is 0 Å². The number of hydrogen-bond acceptors (Lipinski definition) is 4. The molecule has 0 amide bonds. The van der Waals surface area contributed by atoms with Crippen LogP contribution in [0.15, 0.2) is 18.2 Å². The van der Waals surface area contributed by atoms with E-state index in [0.717, 1.165) is 25.2 Å². The minimum Gasteiger partial charge on any atom is -0.507 e. The molecule has 4 nitrogen and oxygen atoms in total. The van der Waals surface area contributed by atoms with Crippen LogP contribution in [0.5, 0.6) is 11.5 Å². The summed E-state index contributed by atoms with van der Waals surface area (Å²) in [6, 6.07) is 5.60. The van der Waals surface area contributed by atoms with Crippen molar-refractivity contribution in [3.63, 3.8) is 0 Å². The lowest BCUT2D eigenvalue weighted by Gasteiger charge is -2.25. The summed E-state index contributed by atoms with van der Waals surface area (Å²) < 4.78 is 5.04. The molecular formula is C11H16N2O2. The van der Waals surface area contributed by atoms with Gasteiger partial charge in [-0.2, -0.15) is 0 Å². The number of phenols is 1. The highest BCUT2D eigenvalue weighted by molar-refractivity contribution is 5.41. The Morgan fingerprint density at radius 3 is 2.87 bits per heavy atom. The summed E-state index contributed by atoms with van der Waals surface area (Å²) in [4.78, 5) is 0. The number of phenolic OH excluding ortho intramolecular Hbond substituents is 1. The smallest absolute Gasteiger partial charge is 0.124 e. The van der Waals surface area contributed by atoms with Gasteiger partial charge >= 0.3 is 0 Å². The normalized spacial score (nSPS) is 21.3. The number of methoxy groups -OCH3 is 1. The van der Waals surface area contributed by atoms with E-state index in [1.807, 2.05) is 12.1 Å². The van der Waals surface area contributed by atoms with Gasteiger partial charge in [0.2, 0.25) is 0 Å². The van der Waals surface area contributed by atoms with Crippen molar-refractivity contribution < 1.29 is 9.84 Å². The molecule has 4 heteroatoms. The largest absolute Gasteiger partial charge is 0.507 e. The molecular weight excluding hydrogens is 192 g/mol. The van der Waals surface area contributed by atoms with Gasteiger partial charge in [-0.1, -0.05) is 6.07 Å². The van der Waals surface area contributed by atoms with Crippen molar-refractivity contribution in [2.45, 2.75) is 6.04 Å². The zero-order chi connectivity index (χ0) is 10.7. The van der Waals surface area contributed by atoms with E-state index in [4.69, 9.17) is 4.74 Å². The molecule has 1 saturated heterocycles. The number of hydrogen-bond donors (Lipinski definition) is 3. The lowest BCUT2D eigenvalue weighted by Crippen LogP contribution is -2.42. The van der Waals surface area contributed by atoms with E-state index < -0.39 is 0 Å². The van der Waals surface area contributed by atoms with E-state index in [1.54, 1.807) is 13.2 Å². The van der Waals surface area contributed by atoms with Crippen LogP contribution in [0, 0.1) is 0 Å². The predicted octanol–water partition coefficient (Wildman–Crippen LogP) is 0.635. The van der Waals surface area contributed by atoms with E-state index in [-0.39, 0.29) is 11.8 Å². The van der Waals surface area contributed by atoms with Crippen LogP contribution < -0.4 is 15.4 Å². The summed E-state index contributed by atoms with van der Waals surface area (Å²) >= 11 is 0. The fourth-order valence-electron chi connectivity index (χ4n) is 1.82. The maximum Gasteiger partial charge on any atom is 0.124 e. The van der Waals surface area contributed by atoms with E-state index in [0.29, 0.717) is 5.75 Å². The minimum atomic E-state index is 0.185. The van der Waals surface area contributed by atoms with E-state index >= 15 is 0 Å². The zero-order valence-corrected chi connectivity index (χ0v) is 8.79. The van der Waals surface area contributed by atoms with Gasteiger partial charge in [-0.25, -0.2) is 0 Å². The molecule has 82 valence electrons. The lowest BCUT2D eigenvalue weighted by atomic mass is 10.0. The first-order chi connectivity index (χ1) is 7.31. The van der Waals surface area contributed by atoms with Crippen LogP contribution in [0.3, 0.4) is 0 Å². The van der Waals surface area contributed by atoms with Crippen molar-refractivity contribution >= 4 is 0 Å². The quantitative estimate of drug-likeness (QED) is 0.667. The van der Waals surface area contributed by atoms with Crippen molar-refractivity contribution in [3.05, 3.63) is 23.8 Å². The molecule has 1 atom stereocenters. The first-order valence-electron chi connectivity index (χ1n) is 5.12. The second-order valence-corrected chi connectivity index (χ2v) is 3.64. The Morgan fingerprint density at radius 1 is 1.40 bits per heavy atom. The standard InChI is InChI=1S/C11H16N2O2/c1-15-8-2-3-9(11(14)6-8)10-7-12-4-5-13-10/h2-3,6,10,12-14H,4-5,7H2,1H3/t10-/m1/s1. The maximum atomic E-state index is 9.83. The fourth-order valence-corrected chi connectivity index (χ4v) is 1.82. The molecule has 0 bridgehead atoms. The van der Waals surface area contributed by atoms with Gasteiger partial charge in [0.25, 0.3) is 0 Å². The van der Waals surface area contributed by atoms with Crippen LogP contribution in [0.2, 0.25) is 0 Å². The average Bonchev–Trinajstić information content (AvgIpc) is 2.30. The summed E-state index contributed by atoms with van der Waals surface area (Å²) in [5.74, 6) is 0.968. The molecule has 0 aliphatic carbocycles. The molecule has 15 heavy (non-hydrogen) atoms. The van der Waals surface area contributed by atoms with E-state index in [2.05, 4.69) is 10.6 Å². The average molecular weight is 208 g/mol. The summed E-state index contributed by atoms with van der Waals surface area (Å²) in [6.07, 6.45) is 0. The van der Waals surface area contributed by atoms with Crippen molar-refractivity contribution in [2.75, 3.05) is 26.7 Å². The molecule has 0 unspecified atom stereocenters. The Labute approximate surface area is 89.3 Å². The Hall–Kier alpha value is -1.26. The van der Waals surface area contributed by atoms with Gasteiger partial charge in [-0.05, 0) is 6.07 Å². The maximum absolute atomic E-state index is 9.83.